The van der Waals surface area contributed by atoms with Crippen LogP contribution in [0, 0.1) is 0 Å². The van der Waals surface area contributed by atoms with Crippen molar-refractivity contribution in [3.05, 3.63) is 102 Å². The summed E-state index contributed by atoms with van der Waals surface area (Å²) in [5, 5.41) is 3.79. The molecule has 1 unspecified atom stereocenters. The molecule has 0 fully saturated rings. The minimum absolute atomic E-state index is 0.109. The van der Waals surface area contributed by atoms with Crippen LogP contribution in [0.1, 0.15) is 33.0 Å². The zero-order valence-corrected chi connectivity index (χ0v) is 20.3. The molecule has 2 heterocycles. The van der Waals surface area contributed by atoms with Crippen LogP contribution in [0.2, 0.25) is 0 Å². The van der Waals surface area contributed by atoms with E-state index in [9.17, 15) is 9.59 Å². The summed E-state index contributed by atoms with van der Waals surface area (Å²) >= 11 is 0. The van der Waals surface area contributed by atoms with Gasteiger partial charge >= 0.3 is 0 Å². The summed E-state index contributed by atoms with van der Waals surface area (Å²) in [5.41, 5.74) is 4.03. The van der Waals surface area contributed by atoms with E-state index in [-0.39, 0.29) is 17.9 Å². The summed E-state index contributed by atoms with van der Waals surface area (Å²) in [6, 6.07) is 25.1. The first-order valence-corrected chi connectivity index (χ1v) is 12.0. The van der Waals surface area contributed by atoms with Gasteiger partial charge in [0.25, 0.3) is 11.8 Å². The quantitative estimate of drug-likeness (QED) is 0.345. The van der Waals surface area contributed by atoms with Crippen molar-refractivity contribution >= 4 is 33.8 Å². The van der Waals surface area contributed by atoms with Gasteiger partial charge in [0.15, 0.2) is 5.82 Å². The molecular formula is C29H28N4O3. The second kappa shape index (κ2) is 10.1. The van der Waals surface area contributed by atoms with E-state index in [1.54, 1.807) is 9.47 Å². The highest BCUT2D eigenvalue weighted by molar-refractivity contribution is 6.05. The Hall–Kier alpha value is -4.39. The van der Waals surface area contributed by atoms with E-state index < -0.39 is 0 Å². The third kappa shape index (κ3) is 4.60. The lowest BCUT2D eigenvalue weighted by Gasteiger charge is -2.28. The fraction of sp³-hybridized carbons (Fsp3) is 0.207. The topological polar surface area (TPSA) is 80.4 Å². The normalized spacial score (nSPS) is 12.1. The van der Waals surface area contributed by atoms with Crippen molar-refractivity contribution in [3.63, 3.8) is 0 Å². The molecule has 5 aromatic rings. The second-order valence-corrected chi connectivity index (χ2v) is 8.93. The Balaban J connectivity index is 1.32. The Kier molecular flexibility index (Phi) is 6.54. The van der Waals surface area contributed by atoms with Crippen molar-refractivity contribution < 1.29 is 14.0 Å². The molecule has 0 aliphatic rings. The molecule has 1 N–H and O–H groups in total. The van der Waals surface area contributed by atoms with Crippen molar-refractivity contribution in [2.75, 3.05) is 13.6 Å². The van der Waals surface area contributed by atoms with Gasteiger partial charge in [0.05, 0.1) is 16.6 Å². The number of amides is 2. The first-order chi connectivity index (χ1) is 17.5. The fourth-order valence-electron chi connectivity index (χ4n) is 4.60. The Bertz CT molecular complexity index is 1520. The lowest BCUT2D eigenvalue weighted by Crippen LogP contribution is -2.41. The van der Waals surface area contributed by atoms with Crippen LogP contribution in [-0.4, -0.2) is 45.9 Å². The fourth-order valence-corrected chi connectivity index (χ4v) is 4.60. The maximum Gasteiger partial charge on any atom is 0.287 e. The Morgan fingerprint density at radius 3 is 2.53 bits per heavy atom. The number of rotatable bonds is 8. The predicted octanol–water partition coefficient (Wildman–Crippen LogP) is 4.82. The number of hydrogen-bond acceptors (Lipinski definition) is 4. The van der Waals surface area contributed by atoms with Crippen molar-refractivity contribution in [2.24, 2.45) is 7.05 Å². The Morgan fingerprint density at radius 1 is 1.00 bits per heavy atom. The highest BCUT2D eigenvalue weighted by atomic mass is 16.3. The third-order valence-corrected chi connectivity index (χ3v) is 6.65. The molecule has 0 aliphatic heterocycles. The summed E-state index contributed by atoms with van der Waals surface area (Å²) in [6.45, 7) is 0.406. The highest BCUT2D eigenvalue weighted by Gasteiger charge is 2.25. The third-order valence-electron chi connectivity index (χ3n) is 6.65. The van der Waals surface area contributed by atoms with Gasteiger partial charge in [-0.3, -0.25) is 9.59 Å². The molecule has 7 heteroatoms. The van der Waals surface area contributed by atoms with Gasteiger partial charge < -0.3 is 19.2 Å². The number of nitrogens with zero attached hydrogens (tertiary/aromatic N) is 3. The number of benzene rings is 3. The van der Waals surface area contributed by atoms with Gasteiger partial charge in [0, 0.05) is 32.1 Å². The van der Waals surface area contributed by atoms with Gasteiger partial charge in [-0.2, -0.15) is 0 Å². The first kappa shape index (κ1) is 23.4. The maximum absolute atomic E-state index is 13.5. The number of carbonyl (C=O) groups excluding carboxylic acids is 2. The molecule has 36 heavy (non-hydrogen) atoms. The molecule has 0 saturated carbocycles. The van der Waals surface area contributed by atoms with Crippen LogP contribution < -0.4 is 5.32 Å². The largest absolute Gasteiger partial charge is 0.463 e. The van der Waals surface area contributed by atoms with Crippen LogP contribution >= 0.6 is 0 Å². The zero-order valence-electron chi connectivity index (χ0n) is 20.3. The van der Waals surface area contributed by atoms with E-state index in [1.807, 2.05) is 80.8 Å². The van der Waals surface area contributed by atoms with E-state index in [4.69, 9.17) is 4.42 Å². The number of likely N-dealkylation sites (N-methyl/N-ethyl adjacent to an activating group) is 1. The SMILES string of the molecule is CN(C(=O)c1coc2ccccc12)C(CCNC(=O)c1nc2ccccc2n1C)Cc1ccccc1. The molecule has 5 rings (SSSR count). The average Bonchev–Trinajstić information content (AvgIpc) is 3.49. The van der Waals surface area contributed by atoms with Crippen molar-refractivity contribution in [2.45, 2.75) is 18.9 Å². The van der Waals surface area contributed by atoms with Crippen molar-refractivity contribution in [3.8, 4) is 0 Å². The minimum Gasteiger partial charge on any atom is -0.463 e. The van der Waals surface area contributed by atoms with Gasteiger partial charge in [-0.05, 0) is 36.6 Å². The van der Waals surface area contributed by atoms with Crippen LogP contribution in [0.4, 0.5) is 0 Å². The van der Waals surface area contributed by atoms with Gasteiger partial charge in [-0.15, -0.1) is 0 Å². The monoisotopic (exact) mass is 480 g/mol. The summed E-state index contributed by atoms with van der Waals surface area (Å²) in [7, 11) is 3.65. The van der Waals surface area contributed by atoms with E-state index >= 15 is 0 Å². The van der Waals surface area contributed by atoms with E-state index in [1.165, 1.54) is 6.26 Å². The standard InChI is InChI=1S/C29H28N4O3/c1-32(29(35)23-19-36-26-15-9-6-12-22(23)26)21(18-20-10-4-3-5-11-20)16-17-30-28(34)27-31-24-13-7-8-14-25(24)33(27)2/h3-15,19,21H,16-18H2,1-2H3,(H,30,34). The molecule has 3 aromatic carbocycles. The second-order valence-electron chi connectivity index (χ2n) is 8.93. The molecule has 1 atom stereocenters. The molecule has 0 spiro atoms. The number of imidazole rings is 1. The Labute approximate surface area is 209 Å². The number of fused-ring (bicyclic) bond motifs is 2. The molecule has 0 saturated heterocycles. The molecule has 2 aromatic heterocycles. The molecular weight excluding hydrogens is 452 g/mol. The molecule has 7 nitrogen and oxygen atoms in total. The van der Waals surface area contributed by atoms with Crippen LogP contribution in [0.25, 0.3) is 22.0 Å². The summed E-state index contributed by atoms with van der Waals surface area (Å²) in [5.74, 6) is 0.0228. The molecule has 0 aliphatic carbocycles. The number of furan rings is 1. The van der Waals surface area contributed by atoms with Gasteiger partial charge in [0.2, 0.25) is 0 Å². The van der Waals surface area contributed by atoms with E-state index in [2.05, 4.69) is 22.4 Å². The summed E-state index contributed by atoms with van der Waals surface area (Å²) in [4.78, 5) is 32.6. The lowest BCUT2D eigenvalue weighted by atomic mass is 10.0. The predicted molar refractivity (Wildman–Crippen MR) is 140 cm³/mol. The average molecular weight is 481 g/mol. The Morgan fingerprint density at radius 2 is 1.72 bits per heavy atom. The number of hydrogen-bond donors (Lipinski definition) is 1. The number of nitrogens with one attached hydrogen (secondary N) is 1. The van der Waals surface area contributed by atoms with Crippen LogP contribution in [0.5, 0.6) is 0 Å². The van der Waals surface area contributed by atoms with Gasteiger partial charge in [-0.1, -0.05) is 60.7 Å². The molecule has 182 valence electrons. The number of carbonyl (C=O) groups is 2. The highest BCUT2D eigenvalue weighted by Crippen LogP contribution is 2.23. The number of para-hydroxylation sites is 3. The number of aromatic nitrogens is 2. The lowest BCUT2D eigenvalue weighted by molar-refractivity contribution is 0.0723. The zero-order chi connectivity index (χ0) is 25.1. The minimum atomic E-state index is -0.234. The maximum atomic E-state index is 13.5. The van der Waals surface area contributed by atoms with Gasteiger partial charge in [-0.25, -0.2) is 4.98 Å². The van der Waals surface area contributed by atoms with Crippen molar-refractivity contribution in [1.82, 2.24) is 19.8 Å². The number of aryl methyl sites for hydroxylation is 1. The van der Waals surface area contributed by atoms with Crippen molar-refractivity contribution in [1.29, 1.82) is 0 Å². The first-order valence-electron chi connectivity index (χ1n) is 12.0. The van der Waals surface area contributed by atoms with Crippen LogP contribution in [0.15, 0.2) is 89.5 Å². The molecule has 0 radical (unpaired) electrons. The molecule has 2 amide bonds. The van der Waals surface area contributed by atoms with Gasteiger partial charge in [0.1, 0.15) is 11.8 Å². The summed E-state index contributed by atoms with van der Waals surface area (Å²) in [6.07, 6.45) is 2.78. The molecule has 0 bridgehead atoms. The van der Waals surface area contributed by atoms with E-state index in [0.29, 0.717) is 36.4 Å². The smallest absolute Gasteiger partial charge is 0.287 e. The van der Waals surface area contributed by atoms with E-state index in [0.717, 1.165) is 22.0 Å². The van der Waals surface area contributed by atoms with Crippen LogP contribution in [-0.2, 0) is 13.5 Å². The van der Waals surface area contributed by atoms with Crippen LogP contribution in [0.3, 0.4) is 0 Å². The summed E-state index contributed by atoms with van der Waals surface area (Å²) < 4.78 is 7.40.